The fourth-order valence-corrected chi connectivity index (χ4v) is 3.44. The molecule has 2 aromatic heterocycles. The summed E-state index contributed by atoms with van der Waals surface area (Å²) in [6, 6.07) is 9.80. The van der Waals surface area contributed by atoms with Crippen LogP contribution >= 0.6 is 12.2 Å². The molecule has 0 aliphatic rings. The van der Waals surface area contributed by atoms with Gasteiger partial charge in [-0.15, -0.1) is 0 Å². The maximum Gasteiger partial charge on any atom is 0.253 e. The Balaban J connectivity index is 1.84. The van der Waals surface area contributed by atoms with E-state index in [0.29, 0.717) is 36.9 Å². The quantitative estimate of drug-likeness (QED) is 0.434. The van der Waals surface area contributed by atoms with Crippen LogP contribution in [0.3, 0.4) is 0 Å². The lowest BCUT2D eigenvalue weighted by atomic mass is 10.0. The molecule has 2 N–H and O–H groups in total. The highest BCUT2D eigenvalue weighted by atomic mass is 32.1. The number of fused-ring (bicyclic) bond motifs is 1. The molecule has 0 bridgehead atoms. The summed E-state index contributed by atoms with van der Waals surface area (Å²) in [4.78, 5) is 17.8. The summed E-state index contributed by atoms with van der Waals surface area (Å²) in [7, 11) is 1.68. The zero-order valence-electron chi connectivity index (χ0n) is 17.1. The minimum absolute atomic E-state index is 0.0992. The van der Waals surface area contributed by atoms with E-state index in [1.165, 1.54) is 0 Å². The molecule has 0 radical (unpaired) electrons. The lowest BCUT2D eigenvalue weighted by molar-refractivity contribution is 0.195. The molecule has 0 unspecified atom stereocenters. The van der Waals surface area contributed by atoms with E-state index in [-0.39, 0.29) is 5.56 Å². The van der Waals surface area contributed by atoms with Crippen molar-refractivity contribution in [3.8, 4) is 0 Å². The molecule has 2 heterocycles. The van der Waals surface area contributed by atoms with Crippen LogP contribution in [-0.2, 0) is 17.8 Å². The number of benzene rings is 1. The number of methoxy groups -OCH3 is 1. The van der Waals surface area contributed by atoms with Crippen molar-refractivity contribution >= 4 is 28.2 Å². The number of aryl methyl sites for hydroxylation is 2. The molecule has 0 fully saturated rings. The first-order valence-corrected chi connectivity index (χ1v) is 10.1. The fourth-order valence-electron chi connectivity index (χ4n) is 3.21. The Bertz CT molecular complexity index is 1030. The van der Waals surface area contributed by atoms with Gasteiger partial charge >= 0.3 is 0 Å². The van der Waals surface area contributed by atoms with Gasteiger partial charge in [-0.05, 0) is 67.2 Å². The Morgan fingerprint density at radius 3 is 2.83 bits per heavy atom. The zero-order valence-corrected chi connectivity index (χ0v) is 17.9. The number of rotatable bonds is 8. The summed E-state index contributed by atoms with van der Waals surface area (Å²) in [5.41, 5.74) is 3.69. The molecule has 0 amide bonds. The standard InChI is InChI=1S/C22H27N3O3S/c1-15-7-8-17-12-18(21(26)24-20(17)16(15)2)13-25(14-19-6-4-11-28-19)22(29)23-9-5-10-27-3/h4,6-8,11-12H,5,9-10,13-14H2,1-3H3,(H,23,29)(H,24,26). The van der Waals surface area contributed by atoms with Gasteiger partial charge in [-0.25, -0.2) is 0 Å². The third kappa shape index (κ3) is 5.25. The van der Waals surface area contributed by atoms with E-state index >= 15 is 0 Å². The molecule has 3 aromatic rings. The molecule has 3 rings (SSSR count). The topological polar surface area (TPSA) is 70.5 Å². The first-order chi connectivity index (χ1) is 14.0. The number of nitrogens with one attached hydrogen (secondary N) is 2. The predicted octanol–water partition coefficient (Wildman–Crippen LogP) is 3.65. The van der Waals surface area contributed by atoms with Gasteiger partial charge in [0.25, 0.3) is 5.56 Å². The molecule has 0 atom stereocenters. The molecule has 154 valence electrons. The number of furan rings is 1. The third-order valence-corrected chi connectivity index (χ3v) is 5.41. The Hall–Kier alpha value is -2.64. The van der Waals surface area contributed by atoms with Gasteiger partial charge < -0.3 is 24.4 Å². The number of nitrogens with zero attached hydrogens (tertiary/aromatic N) is 1. The highest BCUT2D eigenvalue weighted by Gasteiger charge is 2.15. The molecule has 0 spiro atoms. The average Bonchev–Trinajstić information content (AvgIpc) is 3.22. The lowest BCUT2D eigenvalue weighted by Crippen LogP contribution is -2.40. The molecule has 29 heavy (non-hydrogen) atoms. The van der Waals surface area contributed by atoms with Gasteiger partial charge in [0.1, 0.15) is 5.76 Å². The summed E-state index contributed by atoms with van der Waals surface area (Å²) >= 11 is 5.59. The molecular formula is C22H27N3O3S. The van der Waals surface area contributed by atoms with Crippen LogP contribution in [0.25, 0.3) is 10.9 Å². The normalized spacial score (nSPS) is 11.0. The molecule has 0 aliphatic carbocycles. The van der Waals surface area contributed by atoms with Gasteiger partial charge in [0.2, 0.25) is 0 Å². The van der Waals surface area contributed by atoms with Gasteiger partial charge in [0.15, 0.2) is 5.11 Å². The molecule has 1 aromatic carbocycles. The van der Waals surface area contributed by atoms with Crippen molar-refractivity contribution in [2.45, 2.75) is 33.4 Å². The second kappa shape index (κ2) is 9.71. The zero-order chi connectivity index (χ0) is 20.8. The Labute approximate surface area is 175 Å². The smallest absolute Gasteiger partial charge is 0.253 e. The van der Waals surface area contributed by atoms with Crippen molar-refractivity contribution in [2.75, 3.05) is 20.3 Å². The number of hydrogen-bond acceptors (Lipinski definition) is 4. The van der Waals surface area contributed by atoms with Gasteiger partial charge in [0.05, 0.1) is 24.9 Å². The van der Waals surface area contributed by atoms with Crippen LogP contribution in [0.4, 0.5) is 0 Å². The summed E-state index contributed by atoms with van der Waals surface area (Å²) in [6.45, 7) is 6.29. The van der Waals surface area contributed by atoms with Crippen molar-refractivity contribution in [1.29, 1.82) is 0 Å². The van der Waals surface area contributed by atoms with E-state index in [4.69, 9.17) is 21.4 Å². The third-order valence-electron chi connectivity index (χ3n) is 5.00. The second-order valence-corrected chi connectivity index (χ2v) is 7.50. The van der Waals surface area contributed by atoms with E-state index in [0.717, 1.165) is 34.2 Å². The van der Waals surface area contributed by atoms with Gasteiger partial charge in [-0.1, -0.05) is 12.1 Å². The average molecular weight is 414 g/mol. The minimum atomic E-state index is -0.0992. The van der Waals surface area contributed by atoms with E-state index in [9.17, 15) is 4.79 Å². The number of aromatic nitrogens is 1. The van der Waals surface area contributed by atoms with Gasteiger partial charge in [0, 0.05) is 25.8 Å². The molecule has 0 aliphatic heterocycles. The minimum Gasteiger partial charge on any atom is -0.467 e. The van der Waals surface area contributed by atoms with Crippen molar-refractivity contribution in [1.82, 2.24) is 15.2 Å². The summed E-state index contributed by atoms with van der Waals surface area (Å²) < 4.78 is 10.6. The molecular weight excluding hydrogens is 386 g/mol. The van der Waals surface area contributed by atoms with Crippen LogP contribution in [0.2, 0.25) is 0 Å². The van der Waals surface area contributed by atoms with Crippen LogP contribution in [0.1, 0.15) is 28.9 Å². The van der Waals surface area contributed by atoms with Crippen LogP contribution in [0.15, 0.2) is 45.8 Å². The van der Waals surface area contributed by atoms with Crippen LogP contribution in [0.5, 0.6) is 0 Å². The van der Waals surface area contributed by atoms with Crippen molar-refractivity contribution < 1.29 is 9.15 Å². The first-order valence-electron chi connectivity index (χ1n) is 9.66. The van der Waals surface area contributed by atoms with Crippen molar-refractivity contribution in [3.05, 3.63) is 69.4 Å². The van der Waals surface area contributed by atoms with Gasteiger partial charge in [-0.2, -0.15) is 0 Å². The van der Waals surface area contributed by atoms with Crippen LogP contribution < -0.4 is 10.9 Å². The largest absolute Gasteiger partial charge is 0.467 e. The number of ether oxygens (including phenoxy) is 1. The number of aromatic amines is 1. The first kappa shape index (κ1) is 21.1. The van der Waals surface area contributed by atoms with Crippen molar-refractivity contribution in [3.63, 3.8) is 0 Å². The number of pyridine rings is 1. The monoisotopic (exact) mass is 413 g/mol. The van der Waals surface area contributed by atoms with Crippen molar-refractivity contribution in [2.24, 2.45) is 0 Å². The summed E-state index contributed by atoms with van der Waals surface area (Å²) in [5.74, 6) is 0.787. The SMILES string of the molecule is COCCCNC(=S)N(Cc1ccco1)Cc1cc2ccc(C)c(C)c2[nH]c1=O. The molecule has 7 heteroatoms. The van der Waals surface area contributed by atoms with Crippen LogP contribution in [0, 0.1) is 13.8 Å². The molecule has 0 saturated heterocycles. The maximum atomic E-state index is 12.8. The maximum absolute atomic E-state index is 12.8. The van der Waals surface area contributed by atoms with E-state index in [1.807, 2.05) is 43.0 Å². The second-order valence-electron chi connectivity index (χ2n) is 7.11. The molecule has 6 nitrogen and oxygen atoms in total. The number of H-pyrrole nitrogens is 1. The Morgan fingerprint density at radius 1 is 1.28 bits per heavy atom. The van der Waals surface area contributed by atoms with E-state index in [1.54, 1.807) is 13.4 Å². The fraction of sp³-hybridized carbons (Fsp3) is 0.364. The summed E-state index contributed by atoms with van der Waals surface area (Å²) in [5, 5.41) is 4.84. The van der Waals surface area contributed by atoms with Crippen LogP contribution in [-0.4, -0.2) is 35.3 Å². The van der Waals surface area contributed by atoms with E-state index < -0.39 is 0 Å². The van der Waals surface area contributed by atoms with E-state index in [2.05, 4.69) is 16.4 Å². The molecule has 0 saturated carbocycles. The number of hydrogen-bond donors (Lipinski definition) is 2. The lowest BCUT2D eigenvalue weighted by Gasteiger charge is -2.25. The highest BCUT2D eigenvalue weighted by Crippen LogP contribution is 2.20. The highest BCUT2D eigenvalue weighted by molar-refractivity contribution is 7.80. The number of thiocarbonyl (C=S) groups is 1. The van der Waals surface area contributed by atoms with Gasteiger partial charge in [-0.3, -0.25) is 4.79 Å². The summed E-state index contributed by atoms with van der Waals surface area (Å²) in [6.07, 6.45) is 2.48. The Kier molecular flexibility index (Phi) is 7.06. The Morgan fingerprint density at radius 2 is 2.10 bits per heavy atom. The predicted molar refractivity (Wildman–Crippen MR) is 119 cm³/mol.